The van der Waals surface area contributed by atoms with Crippen LogP contribution < -0.4 is 10.2 Å². The van der Waals surface area contributed by atoms with E-state index in [2.05, 4.69) is 38.8 Å². The molecule has 2 saturated heterocycles. The summed E-state index contributed by atoms with van der Waals surface area (Å²) >= 11 is 1.42. The molecule has 29 heavy (non-hydrogen) atoms. The second-order valence-corrected chi connectivity index (χ2v) is 8.81. The van der Waals surface area contributed by atoms with Gasteiger partial charge in [-0.1, -0.05) is 25.6 Å². The minimum atomic E-state index is -0.0187. The molecule has 0 saturated carbocycles. The number of ether oxygens (including phenoxy) is 1. The average molecular weight is 425 g/mol. The van der Waals surface area contributed by atoms with Crippen molar-refractivity contribution in [3.63, 3.8) is 0 Å². The Labute approximate surface area is 176 Å². The minimum absolute atomic E-state index is 0.0187. The van der Waals surface area contributed by atoms with Crippen molar-refractivity contribution in [1.82, 2.24) is 25.0 Å². The SMILES string of the molecule is CC(C)Cn1c(SCC(=O)NCCCN2CCCC2=O)nnc1N1CCOCC1. The molecule has 1 aromatic rings. The van der Waals surface area contributed by atoms with Gasteiger partial charge in [-0.15, -0.1) is 10.2 Å². The van der Waals surface area contributed by atoms with Crippen LogP contribution >= 0.6 is 11.8 Å². The van der Waals surface area contributed by atoms with E-state index in [1.54, 1.807) is 0 Å². The predicted octanol–water partition coefficient (Wildman–Crippen LogP) is 0.992. The summed E-state index contributed by atoms with van der Waals surface area (Å²) in [4.78, 5) is 27.9. The molecule has 2 amide bonds. The van der Waals surface area contributed by atoms with Crippen LogP contribution in [0.2, 0.25) is 0 Å². The van der Waals surface area contributed by atoms with E-state index in [1.807, 2.05) is 4.90 Å². The lowest BCUT2D eigenvalue weighted by atomic mass is 10.2. The number of morpholine rings is 1. The van der Waals surface area contributed by atoms with Crippen LogP contribution in [-0.2, 0) is 20.9 Å². The third-order valence-corrected chi connectivity index (χ3v) is 5.94. The smallest absolute Gasteiger partial charge is 0.230 e. The Morgan fingerprint density at radius 2 is 2.03 bits per heavy atom. The molecule has 0 atom stereocenters. The van der Waals surface area contributed by atoms with Gasteiger partial charge in [0, 0.05) is 45.7 Å². The Bertz CT molecular complexity index is 689. The number of hydrogen-bond donors (Lipinski definition) is 1. The standard InChI is InChI=1S/C19H32N6O3S/c1-15(2)13-25-18(24-9-11-28-12-10-24)21-22-19(25)29-14-16(26)20-6-4-8-23-7-3-5-17(23)27/h15H,3-14H2,1-2H3,(H,20,26). The Balaban J connectivity index is 1.46. The number of hydrogen-bond acceptors (Lipinski definition) is 7. The van der Waals surface area contributed by atoms with Crippen molar-refractivity contribution in [3.05, 3.63) is 0 Å². The van der Waals surface area contributed by atoms with Crippen LogP contribution in [0.1, 0.15) is 33.1 Å². The number of carbonyl (C=O) groups excluding carboxylic acids is 2. The number of nitrogens with one attached hydrogen (secondary N) is 1. The highest BCUT2D eigenvalue weighted by molar-refractivity contribution is 7.99. The van der Waals surface area contributed by atoms with Gasteiger partial charge < -0.3 is 19.9 Å². The molecule has 0 radical (unpaired) electrons. The first kappa shape index (κ1) is 21.9. The van der Waals surface area contributed by atoms with Crippen molar-refractivity contribution in [1.29, 1.82) is 0 Å². The molecular weight excluding hydrogens is 392 g/mol. The number of amides is 2. The summed E-state index contributed by atoms with van der Waals surface area (Å²) in [7, 11) is 0. The molecule has 9 nitrogen and oxygen atoms in total. The maximum atomic E-state index is 12.2. The van der Waals surface area contributed by atoms with Crippen molar-refractivity contribution >= 4 is 29.5 Å². The lowest BCUT2D eigenvalue weighted by molar-refractivity contribution is -0.127. The van der Waals surface area contributed by atoms with Gasteiger partial charge in [-0.05, 0) is 18.8 Å². The first-order valence-electron chi connectivity index (χ1n) is 10.5. The van der Waals surface area contributed by atoms with E-state index in [0.29, 0.717) is 37.9 Å². The average Bonchev–Trinajstić information content (AvgIpc) is 3.30. The highest BCUT2D eigenvalue weighted by Gasteiger charge is 2.22. The van der Waals surface area contributed by atoms with Crippen molar-refractivity contribution in [2.45, 2.75) is 44.8 Å². The topological polar surface area (TPSA) is 92.6 Å². The van der Waals surface area contributed by atoms with E-state index in [0.717, 1.165) is 56.7 Å². The van der Waals surface area contributed by atoms with Gasteiger partial charge in [0.15, 0.2) is 5.16 Å². The molecule has 3 heterocycles. The predicted molar refractivity (Wildman–Crippen MR) is 112 cm³/mol. The second kappa shape index (κ2) is 10.8. The Kier molecular flexibility index (Phi) is 8.17. The van der Waals surface area contributed by atoms with Crippen LogP contribution in [-0.4, -0.2) is 83.2 Å². The Morgan fingerprint density at radius 1 is 1.24 bits per heavy atom. The number of thioether (sulfide) groups is 1. The molecule has 162 valence electrons. The van der Waals surface area contributed by atoms with Crippen molar-refractivity contribution in [3.8, 4) is 0 Å². The quantitative estimate of drug-likeness (QED) is 0.442. The highest BCUT2D eigenvalue weighted by Crippen LogP contribution is 2.24. The zero-order chi connectivity index (χ0) is 20.6. The molecule has 0 bridgehead atoms. The van der Waals surface area contributed by atoms with Gasteiger partial charge in [-0.2, -0.15) is 0 Å². The molecular formula is C19H32N6O3S. The summed E-state index contributed by atoms with van der Waals surface area (Å²) in [5.41, 5.74) is 0. The van der Waals surface area contributed by atoms with Crippen LogP contribution in [0, 0.1) is 5.92 Å². The van der Waals surface area contributed by atoms with E-state index in [4.69, 9.17) is 4.74 Å². The first-order valence-corrected chi connectivity index (χ1v) is 11.5. The fourth-order valence-electron chi connectivity index (χ4n) is 3.53. The van der Waals surface area contributed by atoms with Gasteiger partial charge in [0.2, 0.25) is 17.8 Å². The molecule has 0 spiro atoms. The zero-order valence-corrected chi connectivity index (χ0v) is 18.2. The summed E-state index contributed by atoms with van der Waals surface area (Å²) in [6, 6.07) is 0. The molecule has 2 fully saturated rings. The number of rotatable bonds is 10. The monoisotopic (exact) mass is 424 g/mol. The summed E-state index contributed by atoms with van der Waals surface area (Å²) in [5, 5.41) is 12.4. The maximum absolute atomic E-state index is 12.2. The molecule has 0 aliphatic carbocycles. The number of anilines is 1. The number of likely N-dealkylation sites (tertiary alicyclic amines) is 1. The third-order valence-electron chi connectivity index (χ3n) is 4.97. The van der Waals surface area contributed by atoms with Crippen molar-refractivity contribution in [2.24, 2.45) is 5.92 Å². The number of aromatic nitrogens is 3. The van der Waals surface area contributed by atoms with Crippen molar-refractivity contribution < 1.29 is 14.3 Å². The molecule has 3 rings (SSSR count). The maximum Gasteiger partial charge on any atom is 0.230 e. The minimum Gasteiger partial charge on any atom is -0.378 e. The van der Waals surface area contributed by atoms with Crippen LogP contribution in [0.3, 0.4) is 0 Å². The molecule has 0 aromatic carbocycles. The van der Waals surface area contributed by atoms with Crippen molar-refractivity contribution in [2.75, 3.05) is 56.6 Å². The van der Waals surface area contributed by atoms with Gasteiger partial charge in [0.25, 0.3) is 0 Å². The van der Waals surface area contributed by atoms with Crippen LogP contribution in [0.4, 0.5) is 5.95 Å². The number of carbonyl (C=O) groups is 2. The first-order chi connectivity index (χ1) is 14.0. The fourth-order valence-corrected chi connectivity index (χ4v) is 4.30. The highest BCUT2D eigenvalue weighted by atomic mass is 32.2. The van der Waals surface area contributed by atoms with E-state index in [9.17, 15) is 9.59 Å². The van der Waals surface area contributed by atoms with Gasteiger partial charge in [0.1, 0.15) is 0 Å². The summed E-state index contributed by atoms with van der Waals surface area (Å²) < 4.78 is 7.55. The molecule has 2 aliphatic heterocycles. The van der Waals surface area contributed by atoms with Gasteiger partial charge >= 0.3 is 0 Å². The molecule has 10 heteroatoms. The van der Waals surface area contributed by atoms with E-state index >= 15 is 0 Å². The molecule has 1 N–H and O–H groups in total. The lowest BCUT2D eigenvalue weighted by Gasteiger charge is -2.28. The normalized spacial score (nSPS) is 17.4. The second-order valence-electron chi connectivity index (χ2n) is 7.86. The third kappa shape index (κ3) is 6.33. The van der Waals surface area contributed by atoms with Crippen LogP contribution in [0.15, 0.2) is 5.16 Å². The molecule has 2 aliphatic rings. The van der Waals surface area contributed by atoms with Gasteiger partial charge in [0.05, 0.1) is 19.0 Å². The largest absolute Gasteiger partial charge is 0.378 e. The van der Waals surface area contributed by atoms with E-state index < -0.39 is 0 Å². The summed E-state index contributed by atoms with van der Waals surface area (Å²) in [6.07, 6.45) is 2.39. The summed E-state index contributed by atoms with van der Waals surface area (Å²) in [6.45, 7) is 10.3. The van der Waals surface area contributed by atoms with Gasteiger partial charge in [-0.25, -0.2) is 0 Å². The Hall–Kier alpha value is -1.81. The van der Waals surface area contributed by atoms with Gasteiger partial charge in [-0.3, -0.25) is 14.2 Å². The molecule has 0 unspecified atom stereocenters. The van der Waals surface area contributed by atoms with Crippen LogP contribution in [0.25, 0.3) is 0 Å². The molecule has 1 aromatic heterocycles. The summed E-state index contributed by atoms with van der Waals surface area (Å²) in [5.74, 6) is 1.83. The van der Waals surface area contributed by atoms with E-state index in [-0.39, 0.29) is 11.8 Å². The number of nitrogens with zero attached hydrogens (tertiary/aromatic N) is 5. The lowest BCUT2D eigenvalue weighted by Crippen LogP contribution is -2.38. The van der Waals surface area contributed by atoms with E-state index in [1.165, 1.54) is 11.8 Å². The Morgan fingerprint density at radius 3 is 2.72 bits per heavy atom. The van der Waals surface area contributed by atoms with Crippen LogP contribution in [0.5, 0.6) is 0 Å². The zero-order valence-electron chi connectivity index (χ0n) is 17.4. The fraction of sp³-hybridized carbons (Fsp3) is 0.789.